The lowest BCUT2D eigenvalue weighted by Crippen LogP contribution is -2.37. The third kappa shape index (κ3) is 1.19. The van der Waals surface area contributed by atoms with Crippen molar-refractivity contribution >= 4 is 7.85 Å². The first kappa shape index (κ1) is 8.05. The second-order valence-electron chi connectivity index (χ2n) is 2.76. The first-order valence-corrected chi connectivity index (χ1v) is 3.44. The summed E-state index contributed by atoms with van der Waals surface area (Å²) in [5.74, 6) is 0.136. The molecule has 56 valence electrons. The van der Waals surface area contributed by atoms with E-state index < -0.39 is 0 Å². The van der Waals surface area contributed by atoms with Crippen molar-refractivity contribution in [3.63, 3.8) is 0 Å². The number of aliphatic hydroxyl groups is 1. The molecule has 3 nitrogen and oxygen atoms in total. The Morgan fingerprint density at radius 3 is 2.50 bits per heavy atom. The second kappa shape index (κ2) is 2.90. The molecular formula is C6H12BNO2. The highest BCUT2D eigenvalue weighted by molar-refractivity contribution is 6.11. The van der Waals surface area contributed by atoms with Gasteiger partial charge in [0.15, 0.2) is 0 Å². The van der Waals surface area contributed by atoms with Gasteiger partial charge in [0.05, 0.1) is 12.7 Å². The van der Waals surface area contributed by atoms with Gasteiger partial charge >= 0.3 is 0 Å². The van der Waals surface area contributed by atoms with E-state index in [1.165, 1.54) is 0 Å². The zero-order chi connectivity index (χ0) is 7.72. The van der Waals surface area contributed by atoms with Crippen molar-refractivity contribution in [2.75, 3.05) is 6.61 Å². The Morgan fingerprint density at radius 2 is 2.30 bits per heavy atom. The van der Waals surface area contributed by atoms with Crippen LogP contribution >= 0.6 is 0 Å². The summed E-state index contributed by atoms with van der Waals surface area (Å²) in [4.78, 5) is 0. The molecule has 0 aromatic rings. The van der Waals surface area contributed by atoms with Crippen LogP contribution in [0.4, 0.5) is 0 Å². The molecule has 0 aromatic carbocycles. The van der Waals surface area contributed by atoms with Crippen LogP contribution in [0.5, 0.6) is 0 Å². The standard InChI is InChI=1S/C6H12BNO2/c1-3-5(8)4(2-9)10-6(3)7/h3-6,9H,2,8H2,1H3/t3-,4+,5?,6+/m0/s1. The predicted octanol–water partition coefficient (Wildman–Crippen LogP) is -1.16. The number of rotatable bonds is 1. The Kier molecular flexibility index (Phi) is 2.34. The largest absolute Gasteiger partial charge is 0.394 e. The lowest BCUT2D eigenvalue weighted by molar-refractivity contribution is 0.0360. The van der Waals surface area contributed by atoms with E-state index in [1.807, 2.05) is 6.92 Å². The number of nitrogens with two attached hydrogens (primary N) is 1. The maximum absolute atomic E-state index is 8.71. The van der Waals surface area contributed by atoms with Gasteiger partial charge in [-0.1, -0.05) is 6.92 Å². The topological polar surface area (TPSA) is 55.5 Å². The van der Waals surface area contributed by atoms with Crippen LogP contribution < -0.4 is 5.73 Å². The molecular weight excluding hydrogens is 129 g/mol. The molecule has 1 unspecified atom stereocenters. The van der Waals surface area contributed by atoms with Crippen molar-refractivity contribution in [1.29, 1.82) is 0 Å². The zero-order valence-electron chi connectivity index (χ0n) is 6.03. The minimum absolute atomic E-state index is 0.0425. The fraction of sp³-hybridized carbons (Fsp3) is 1.00. The average Bonchev–Trinajstić information content (AvgIpc) is 2.17. The molecule has 4 heteroatoms. The molecule has 10 heavy (non-hydrogen) atoms. The highest BCUT2D eigenvalue weighted by atomic mass is 16.5. The summed E-state index contributed by atoms with van der Waals surface area (Å²) in [6.07, 6.45) is -0.273. The Balaban J connectivity index is 2.53. The molecule has 4 atom stereocenters. The van der Waals surface area contributed by atoms with Gasteiger partial charge in [-0.2, -0.15) is 0 Å². The number of hydrogen-bond acceptors (Lipinski definition) is 3. The van der Waals surface area contributed by atoms with Crippen molar-refractivity contribution in [1.82, 2.24) is 0 Å². The highest BCUT2D eigenvalue weighted by Gasteiger charge is 2.35. The van der Waals surface area contributed by atoms with Crippen LogP contribution in [-0.4, -0.2) is 37.7 Å². The normalized spacial score (nSPS) is 47.9. The van der Waals surface area contributed by atoms with E-state index in [-0.39, 0.29) is 30.7 Å². The monoisotopic (exact) mass is 141 g/mol. The van der Waals surface area contributed by atoms with Gasteiger partial charge in [0.1, 0.15) is 7.85 Å². The van der Waals surface area contributed by atoms with Crippen LogP contribution in [0.2, 0.25) is 0 Å². The van der Waals surface area contributed by atoms with Gasteiger partial charge in [-0.15, -0.1) is 0 Å². The molecule has 0 amide bonds. The molecule has 0 spiro atoms. The van der Waals surface area contributed by atoms with E-state index in [4.69, 9.17) is 23.4 Å². The molecule has 1 rings (SSSR count). The van der Waals surface area contributed by atoms with Crippen molar-refractivity contribution in [2.45, 2.75) is 25.1 Å². The molecule has 0 aliphatic carbocycles. The van der Waals surface area contributed by atoms with Gasteiger partial charge in [0.2, 0.25) is 0 Å². The number of aliphatic hydroxyl groups excluding tert-OH is 1. The first-order valence-electron chi connectivity index (χ1n) is 3.44. The van der Waals surface area contributed by atoms with Crippen LogP contribution in [0, 0.1) is 5.92 Å². The smallest absolute Gasteiger partial charge is 0.109 e. The minimum Gasteiger partial charge on any atom is -0.394 e. The van der Waals surface area contributed by atoms with Crippen molar-refractivity contribution in [3.05, 3.63) is 0 Å². The number of hydrogen-bond donors (Lipinski definition) is 2. The quantitative estimate of drug-likeness (QED) is 0.452. The van der Waals surface area contributed by atoms with Gasteiger partial charge in [-0.05, 0) is 5.92 Å². The van der Waals surface area contributed by atoms with Gasteiger partial charge < -0.3 is 15.6 Å². The van der Waals surface area contributed by atoms with Crippen LogP contribution in [0.3, 0.4) is 0 Å². The average molecular weight is 141 g/mol. The van der Waals surface area contributed by atoms with Crippen LogP contribution in [-0.2, 0) is 4.74 Å². The van der Waals surface area contributed by atoms with E-state index in [0.717, 1.165) is 0 Å². The van der Waals surface area contributed by atoms with Crippen molar-refractivity contribution < 1.29 is 9.84 Å². The molecule has 1 fully saturated rings. The van der Waals surface area contributed by atoms with Crippen molar-refractivity contribution in [3.8, 4) is 0 Å². The minimum atomic E-state index is -0.313. The summed E-state index contributed by atoms with van der Waals surface area (Å²) in [6, 6.07) is -0.438. The first-order chi connectivity index (χ1) is 4.66. The molecule has 2 radical (unpaired) electrons. The highest BCUT2D eigenvalue weighted by Crippen LogP contribution is 2.22. The fourth-order valence-corrected chi connectivity index (χ4v) is 1.14. The maximum Gasteiger partial charge on any atom is 0.109 e. The van der Waals surface area contributed by atoms with Gasteiger partial charge in [0.25, 0.3) is 0 Å². The van der Waals surface area contributed by atoms with Gasteiger partial charge in [0, 0.05) is 12.0 Å². The molecule has 1 saturated heterocycles. The molecule has 1 aliphatic rings. The molecule has 1 heterocycles. The third-order valence-corrected chi connectivity index (χ3v) is 2.07. The van der Waals surface area contributed by atoms with E-state index >= 15 is 0 Å². The van der Waals surface area contributed by atoms with Crippen LogP contribution in [0.1, 0.15) is 6.92 Å². The Labute approximate surface area is 62.0 Å². The molecule has 3 N–H and O–H groups in total. The van der Waals surface area contributed by atoms with E-state index in [9.17, 15) is 0 Å². The Bertz CT molecular complexity index is 122. The van der Waals surface area contributed by atoms with Gasteiger partial charge in [-0.3, -0.25) is 0 Å². The molecule has 1 aliphatic heterocycles. The SMILES string of the molecule is [B][C@@H]1O[C@H](CO)C(N)[C@@H]1C. The van der Waals surface area contributed by atoms with Gasteiger partial charge in [-0.25, -0.2) is 0 Å². The second-order valence-corrected chi connectivity index (χ2v) is 2.76. The number of ether oxygens (including phenoxy) is 1. The summed E-state index contributed by atoms with van der Waals surface area (Å²) < 4.78 is 5.14. The summed E-state index contributed by atoms with van der Waals surface area (Å²) in [7, 11) is 5.52. The Hall–Kier alpha value is -0.0551. The van der Waals surface area contributed by atoms with Crippen LogP contribution in [0.25, 0.3) is 0 Å². The van der Waals surface area contributed by atoms with E-state index in [1.54, 1.807) is 0 Å². The summed E-state index contributed by atoms with van der Waals surface area (Å²) >= 11 is 0. The molecule has 0 aromatic heterocycles. The zero-order valence-corrected chi connectivity index (χ0v) is 6.03. The molecule has 0 saturated carbocycles. The third-order valence-electron chi connectivity index (χ3n) is 2.07. The summed E-state index contributed by atoms with van der Waals surface area (Å²) in [5.41, 5.74) is 5.66. The summed E-state index contributed by atoms with van der Waals surface area (Å²) in [5, 5.41) is 8.71. The van der Waals surface area contributed by atoms with E-state index in [0.29, 0.717) is 0 Å². The fourth-order valence-electron chi connectivity index (χ4n) is 1.14. The summed E-state index contributed by atoms with van der Waals surface area (Å²) in [6.45, 7) is 1.88. The lowest BCUT2D eigenvalue weighted by atomic mass is 9.85. The lowest BCUT2D eigenvalue weighted by Gasteiger charge is -2.12. The predicted molar refractivity (Wildman–Crippen MR) is 38.6 cm³/mol. The maximum atomic E-state index is 8.71. The Morgan fingerprint density at radius 1 is 1.70 bits per heavy atom. The van der Waals surface area contributed by atoms with E-state index in [2.05, 4.69) is 0 Å². The van der Waals surface area contributed by atoms with Crippen LogP contribution in [0.15, 0.2) is 0 Å². The molecule has 0 bridgehead atoms. The van der Waals surface area contributed by atoms with Crippen molar-refractivity contribution in [2.24, 2.45) is 11.7 Å².